The number of nitrogens with zero attached hydrogens (tertiary/aromatic N) is 4. The minimum absolute atomic E-state index is 0.0948. The predicted octanol–water partition coefficient (Wildman–Crippen LogP) is 1.92. The minimum Gasteiger partial charge on any atom is -0.341 e. The second-order valence-electron chi connectivity index (χ2n) is 7.07. The first-order valence-electron chi connectivity index (χ1n) is 9.58. The Hall–Kier alpha value is -3.94. The third-order valence-electron chi connectivity index (χ3n) is 4.94. The Morgan fingerprint density at radius 2 is 1.73 bits per heavy atom. The number of benzene rings is 2. The summed E-state index contributed by atoms with van der Waals surface area (Å²) in [6.07, 6.45) is 3.70. The van der Waals surface area contributed by atoms with Crippen LogP contribution in [0.3, 0.4) is 0 Å². The van der Waals surface area contributed by atoms with Crippen LogP contribution in [0.4, 0.5) is 0 Å². The first kappa shape index (κ1) is 19.4. The Labute approximate surface area is 172 Å². The van der Waals surface area contributed by atoms with E-state index in [4.69, 9.17) is 0 Å². The number of hydrogen-bond acceptors (Lipinski definition) is 4. The van der Waals surface area contributed by atoms with Gasteiger partial charge < -0.3 is 4.90 Å². The summed E-state index contributed by atoms with van der Waals surface area (Å²) in [5.74, 6) is -0.136. The van der Waals surface area contributed by atoms with Crippen molar-refractivity contribution in [2.24, 2.45) is 0 Å². The van der Waals surface area contributed by atoms with Crippen LogP contribution in [-0.2, 0) is 17.9 Å². The molecule has 30 heavy (non-hydrogen) atoms. The number of aromatic nitrogens is 4. The van der Waals surface area contributed by atoms with Crippen molar-refractivity contribution in [3.05, 3.63) is 93.3 Å². The lowest BCUT2D eigenvalue weighted by Crippen LogP contribution is -2.33. The Kier molecular flexibility index (Phi) is 5.30. The van der Waals surface area contributed by atoms with Crippen LogP contribution >= 0.6 is 0 Å². The van der Waals surface area contributed by atoms with Crippen molar-refractivity contribution in [1.29, 1.82) is 0 Å². The molecule has 0 aliphatic carbocycles. The summed E-state index contributed by atoms with van der Waals surface area (Å²) in [6.45, 7) is 0.500. The number of carbonyl (C=O) groups is 1. The average Bonchev–Trinajstić information content (AvgIpc) is 3.24. The molecule has 2 aromatic carbocycles. The van der Waals surface area contributed by atoms with Gasteiger partial charge in [-0.2, -0.15) is 5.10 Å². The third-order valence-corrected chi connectivity index (χ3v) is 4.94. The normalized spacial score (nSPS) is 11.0. The first-order chi connectivity index (χ1) is 14.5. The summed E-state index contributed by atoms with van der Waals surface area (Å²) in [6, 6.07) is 16.4. The first-order valence-corrected chi connectivity index (χ1v) is 9.58. The van der Waals surface area contributed by atoms with Gasteiger partial charge in [0.1, 0.15) is 0 Å². The van der Waals surface area contributed by atoms with Gasteiger partial charge in [0.05, 0.1) is 29.2 Å². The van der Waals surface area contributed by atoms with E-state index >= 15 is 0 Å². The maximum atomic E-state index is 12.5. The predicted molar refractivity (Wildman–Crippen MR) is 113 cm³/mol. The molecule has 0 aliphatic heterocycles. The molecule has 0 spiro atoms. The lowest BCUT2D eigenvalue weighted by Gasteiger charge is -2.16. The number of nitrogens with one attached hydrogen (secondary N) is 1. The lowest BCUT2D eigenvalue weighted by atomic mass is 10.2. The van der Waals surface area contributed by atoms with Crippen molar-refractivity contribution in [3.8, 4) is 5.69 Å². The van der Waals surface area contributed by atoms with Gasteiger partial charge in [-0.15, -0.1) is 0 Å². The SMILES string of the molecule is CN(Cc1cnn(-c2ccccc2)c1)C(=O)CCn1[nH]c(=O)c2ccccc2c1=O. The van der Waals surface area contributed by atoms with E-state index in [0.29, 0.717) is 17.3 Å². The van der Waals surface area contributed by atoms with Crippen LogP contribution in [0.25, 0.3) is 16.5 Å². The lowest BCUT2D eigenvalue weighted by molar-refractivity contribution is -0.130. The fraction of sp³-hybridized carbons (Fsp3) is 0.182. The van der Waals surface area contributed by atoms with E-state index < -0.39 is 0 Å². The van der Waals surface area contributed by atoms with Gasteiger partial charge in [0.25, 0.3) is 11.1 Å². The molecule has 0 bridgehead atoms. The Morgan fingerprint density at radius 3 is 2.50 bits per heavy atom. The van der Waals surface area contributed by atoms with Gasteiger partial charge in [-0.1, -0.05) is 30.3 Å². The van der Waals surface area contributed by atoms with Crippen molar-refractivity contribution >= 4 is 16.7 Å². The Morgan fingerprint density at radius 1 is 1.03 bits per heavy atom. The highest BCUT2D eigenvalue weighted by Gasteiger charge is 2.13. The second kappa shape index (κ2) is 8.20. The molecule has 1 N–H and O–H groups in total. The summed E-state index contributed by atoms with van der Waals surface area (Å²) in [7, 11) is 1.70. The quantitative estimate of drug-likeness (QED) is 0.532. The number of rotatable bonds is 6. The number of aromatic amines is 1. The summed E-state index contributed by atoms with van der Waals surface area (Å²) in [4.78, 5) is 38.8. The van der Waals surface area contributed by atoms with E-state index in [1.54, 1.807) is 47.1 Å². The van der Waals surface area contributed by atoms with E-state index in [2.05, 4.69) is 10.2 Å². The fourth-order valence-electron chi connectivity index (χ4n) is 3.33. The maximum Gasteiger partial charge on any atom is 0.273 e. The summed E-state index contributed by atoms with van der Waals surface area (Å²) in [5, 5.41) is 7.57. The standard InChI is InChI=1S/C22H21N5O3/c1-25(14-16-13-23-27(15-16)17-7-3-2-4-8-17)20(28)11-12-26-22(30)19-10-6-5-9-18(19)21(29)24-26/h2-10,13,15H,11-12,14H2,1H3,(H,24,29). The summed E-state index contributed by atoms with van der Waals surface area (Å²) >= 11 is 0. The number of amides is 1. The van der Waals surface area contributed by atoms with Gasteiger partial charge in [-0.3, -0.25) is 19.5 Å². The molecule has 2 heterocycles. The van der Waals surface area contributed by atoms with Gasteiger partial charge in [0.2, 0.25) is 5.91 Å². The zero-order valence-electron chi connectivity index (χ0n) is 16.5. The van der Waals surface area contributed by atoms with Crippen LogP contribution in [-0.4, -0.2) is 37.4 Å². The average molecular weight is 403 g/mol. The Balaban J connectivity index is 1.42. The van der Waals surface area contributed by atoms with E-state index in [-0.39, 0.29) is 30.0 Å². The van der Waals surface area contributed by atoms with Crippen molar-refractivity contribution in [3.63, 3.8) is 0 Å². The van der Waals surface area contributed by atoms with Crippen LogP contribution in [0, 0.1) is 0 Å². The molecular formula is C22H21N5O3. The molecule has 8 heteroatoms. The largest absolute Gasteiger partial charge is 0.341 e. The molecule has 0 atom stereocenters. The minimum atomic E-state index is -0.348. The molecule has 0 saturated heterocycles. The van der Waals surface area contributed by atoms with Gasteiger partial charge in [0.15, 0.2) is 0 Å². The van der Waals surface area contributed by atoms with Gasteiger partial charge >= 0.3 is 0 Å². The number of aryl methyl sites for hydroxylation is 1. The third kappa shape index (κ3) is 3.93. The summed E-state index contributed by atoms with van der Waals surface area (Å²) in [5.41, 5.74) is 1.17. The molecule has 0 unspecified atom stereocenters. The van der Waals surface area contributed by atoms with Gasteiger partial charge in [-0.05, 0) is 24.3 Å². The van der Waals surface area contributed by atoms with E-state index in [0.717, 1.165) is 11.3 Å². The monoisotopic (exact) mass is 403 g/mol. The molecule has 2 aromatic heterocycles. The molecule has 152 valence electrons. The number of para-hydroxylation sites is 1. The molecule has 8 nitrogen and oxygen atoms in total. The van der Waals surface area contributed by atoms with Gasteiger partial charge in [0, 0.05) is 31.8 Å². The van der Waals surface area contributed by atoms with Crippen molar-refractivity contribution in [1.82, 2.24) is 24.5 Å². The van der Waals surface area contributed by atoms with Crippen molar-refractivity contribution < 1.29 is 4.79 Å². The van der Waals surface area contributed by atoms with Crippen LogP contribution < -0.4 is 11.1 Å². The van der Waals surface area contributed by atoms with Crippen molar-refractivity contribution in [2.45, 2.75) is 19.5 Å². The van der Waals surface area contributed by atoms with E-state index in [1.807, 2.05) is 36.5 Å². The maximum absolute atomic E-state index is 12.5. The zero-order chi connectivity index (χ0) is 21.1. The van der Waals surface area contributed by atoms with Crippen LogP contribution in [0.15, 0.2) is 76.6 Å². The van der Waals surface area contributed by atoms with Crippen LogP contribution in [0.1, 0.15) is 12.0 Å². The highest BCUT2D eigenvalue weighted by molar-refractivity contribution is 5.80. The highest BCUT2D eigenvalue weighted by atomic mass is 16.2. The fourth-order valence-corrected chi connectivity index (χ4v) is 3.33. The zero-order valence-corrected chi connectivity index (χ0v) is 16.5. The van der Waals surface area contributed by atoms with Crippen LogP contribution in [0.5, 0.6) is 0 Å². The molecule has 4 rings (SSSR count). The molecule has 0 aliphatic rings. The number of hydrogen-bond donors (Lipinski definition) is 1. The topological polar surface area (TPSA) is 93.0 Å². The molecular weight excluding hydrogens is 382 g/mol. The number of carbonyl (C=O) groups excluding carboxylic acids is 1. The molecule has 0 radical (unpaired) electrons. The van der Waals surface area contributed by atoms with E-state index in [1.165, 1.54) is 4.68 Å². The molecule has 0 fully saturated rings. The van der Waals surface area contributed by atoms with Crippen LogP contribution in [0.2, 0.25) is 0 Å². The smallest absolute Gasteiger partial charge is 0.273 e. The number of fused-ring (bicyclic) bond motifs is 1. The Bertz CT molecular complexity index is 1300. The number of H-pyrrole nitrogens is 1. The molecule has 0 saturated carbocycles. The molecule has 4 aromatic rings. The highest BCUT2D eigenvalue weighted by Crippen LogP contribution is 2.10. The molecule has 1 amide bonds. The van der Waals surface area contributed by atoms with E-state index in [9.17, 15) is 14.4 Å². The second-order valence-corrected chi connectivity index (χ2v) is 7.07. The van der Waals surface area contributed by atoms with Gasteiger partial charge in [-0.25, -0.2) is 9.36 Å². The summed E-state index contributed by atoms with van der Waals surface area (Å²) < 4.78 is 2.96. The van der Waals surface area contributed by atoms with Crippen molar-refractivity contribution in [2.75, 3.05) is 7.05 Å².